The lowest BCUT2D eigenvalue weighted by atomic mass is 9.99. The molecule has 1 fully saturated rings. The lowest BCUT2D eigenvalue weighted by Crippen LogP contribution is -2.32. The number of aromatic nitrogens is 2. The van der Waals surface area contributed by atoms with Crippen LogP contribution in [0.5, 0.6) is 0 Å². The molecule has 0 aliphatic carbocycles. The van der Waals surface area contributed by atoms with Crippen molar-refractivity contribution in [3.8, 4) is 0 Å². The first-order valence-electron chi connectivity index (χ1n) is 10.6. The molecule has 0 unspecified atom stereocenters. The smallest absolute Gasteiger partial charge is 0.148 e. The number of hydrogen-bond acceptors (Lipinski definition) is 4. The zero-order chi connectivity index (χ0) is 20.8. The van der Waals surface area contributed by atoms with Crippen molar-refractivity contribution in [3.63, 3.8) is 0 Å². The Kier molecular flexibility index (Phi) is 4.50. The topological polar surface area (TPSA) is 68.4 Å². The number of anilines is 2. The number of piperidine rings is 1. The second-order valence-electron chi connectivity index (χ2n) is 8.43. The second kappa shape index (κ2) is 7.20. The lowest BCUT2D eigenvalue weighted by molar-refractivity contribution is 0.411. The van der Waals surface area contributed by atoms with E-state index in [1.54, 1.807) is 0 Å². The SMILES string of the molecule is CC1CCN(c2ccc(N3CC(O)=C(c4nc5ccccc5n4C)C3=N)cc2)CC1. The van der Waals surface area contributed by atoms with Crippen molar-refractivity contribution in [1.29, 1.82) is 5.41 Å². The molecular formula is C24H27N5O. The van der Waals surface area contributed by atoms with Crippen LogP contribution < -0.4 is 9.80 Å². The molecule has 2 N–H and O–H groups in total. The average molecular weight is 402 g/mol. The second-order valence-corrected chi connectivity index (χ2v) is 8.43. The Balaban J connectivity index is 1.40. The van der Waals surface area contributed by atoms with Crippen LogP contribution in [0.1, 0.15) is 25.6 Å². The first-order chi connectivity index (χ1) is 14.5. The monoisotopic (exact) mass is 401 g/mol. The van der Waals surface area contributed by atoms with E-state index >= 15 is 0 Å². The van der Waals surface area contributed by atoms with Crippen LogP contribution in [0.15, 0.2) is 54.3 Å². The van der Waals surface area contributed by atoms with E-state index < -0.39 is 0 Å². The largest absolute Gasteiger partial charge is 0.509 e. The van der Waals surface area contributed by atoms with Crippen LogP contribution >= 0.6 is 0 Å². The van der Waals surface area contributed by atoms with E-state index in [1.807, 2.05) is 52.9 Å². The summed E-state index contributed by atoms with van der Waals surface area (Å²) in [5.74, 6) is 1.90. The molecule has 0 bridgehead atoms. The summed E-state index contributed by atoms with van der Waals surface area (Å²) in [6, 6.07) is 16.2. The third-order valence-corrected chi connectivity index (χ3v) is 6.42. The predicted octanol–water partition coefficient (Wildman–Crippen LogP) is 4.58. The van der Waals surface area contributed by atoms with Gasteiger partial charge < -0.3 is 19.5 Å². The van der Waals surface area contributed by atoms with Gasteiger partial charge >= 0.3 is 0 Å². The number of hydrogen-bond donors (Lipinski definition) is 2. The highest BCUT2D eigenvalue weighted by Crippen LogP contribution is 2.33. The van der Waals surface area contributed by atoms with Gasteiger partial charge in [-0.25, -0.2) is 4.98 Å². The Bertz CT molecular complexity index is 1140. The Morgan fingerprint density at radius 1 is 1.00 bits per heavy atom. The number of rotatable bonds is 3. The van der Waals surface area contributed by atoms with Gasteiger partial charge in [0.05, 0.1) is 23.2 Å². The summed E-state index contributed by atoms with van der Waals surface area (Å²) >= 11 is 0. The number of amidine groups is 1. The molecule has 2 aliphatic rings. The van der Waals surface area contributed by atoms with E-state index in [0.717, 1.165) is 35.7 Å². The predicted molar refractivity (Wildman–Crippen MR) is 122 cm³/mol. The van der Waals surface area contributed by atoms with Crippen LogP contribution in [-0.4, -0.2) is 40.1 Å². The summed E-state index contributed by atoms with van der Waals surface area (Å²) in [4.78, 5) is 8.95. The molecule has 0 amide bonds. The molecule has 0 saturated carbocycles. The van der Waals surface area contributed by atoms with Crippen molar-refractivity contribution < 1.29 is 5.11 Å². The van der Waals surface area contributed by atoms with Crippen LogP contribution in [-0.2, 0) is 7.05 Å². The molecule has 3 heterocycles. The van der Waals surface area contributed by atoms with Crippen molar-refractivity contribution in [2.24, 2.45) is 13.0 Å². The molecule has 1 saturated heterocycles. The van der Waals surface area contributed by atoms with Gasteiger partial charge in [0, 0.05) is 31.5 Å². The molecule has 0 atom stereocenters. The molecule has 2 aliphatic heterocycles. The zero-order valence-electron chi connectivity index (χ0n) is 17.5. The molecule has 5 rings (SSSR count). The number of benzene rings is 2. The van der Waals surface area contributed by atoms with Crippen molar-refractivity contribution >= 4 is 33.8 Å². The van der Waals surface area contributed by atoms with Crippen LogP contribution in [0.3, 0.4) is 0 Å². The summed E-state index contributed by atoms with van der Waals surface area (Å²) in [7, 11) is 1.93. The van der Waals surface area contributed by atoms with Crippen molar-refractivity contribution in [1.82, 2.24) is 9.55 Å². The molecule has 6 heteroatoms. The first kappa shape index (κ1) is 18.7. The summed E-state index contributed by atoms with van der Waals surface area (Å²) in [6.45, 7) is 4.80. The van der Waals surface area contributed by atoms with Crippen LogP contribution in [0.25, 0.3) is 16.6 Å². The highest BCUT2D eigenvalue weighted by molar-refractivity contribution is 6.30. The number of aliphatic hydroxyl groups is 1. The quantitative estimate of drug-likeness (QED) is 0.674. The fourth-order valence-electron chi connectivity index (χ4n) is 4.51. The van der Waals surface area contributed by atoms with Crippen molar-refractivity contribution in [2.45, 2.75) is 19.8 Å². The van der Waals surface area contributed by atoms with E-state index in [1.165, 1.54) is 18.5 Å². The molecule has 0 radical (unpaired) electrons. The summed E-state index contributed by atoms with van der Waals surface area (Å²) in [5, 5.41) is 19.5. The average Bonchev–Trinajstić information content (AvgIpc) is 3.24. The zero-order valence-corrected chi connectivity index (χ0v) is 17.5. The van der Waals surface area contributed by atoms with Gasteiger partial charge in [-0.05, 0) is 55.2 Å². The third kappa shape index (κ3) is 3.03. The standard InChI is InChI=1S/C24H27N5O/c1-16-11-13-28(14-12-16)17-7-9-18(10-8-17)29-15-21(30)22(23(29)25)24-26-19-5-3-4-6-20(19)27(24)2/h3-10,16,25,30H,11-15H2,1-2H3. The van der Waals surface area contributed by atoms with Gasteiger partial charge in [0.2, 0.25) is 0 Å². The number of para-hydroxylation sites is 2. The Hall–Kier alpha value is -3.28. The molecule has 0 spiro atoms. The minimum Gasteiger partial charge on any atom is -0.509 e. The number of aryl methyl sites for hydroxylation is 1. The molecule has 30 heavy (non-hydrogen) atoms. The first-order valence-corrected chi connectivity index (χ1v) is 10.6. The van der Waals surface area contributed by atoms with Gasteiger partial charge in [-0.2, -0.15) is 0 Å². The maximum Gasteiger partial charge on any atom is 0.148 e. The Morgan fingerprint density at radius 2 is 1.67 bits per heavy atom. The number of nitrogens with zero attached hydrogens (tertiary/aromatic N) is 4. The van der Waals surface area contributed by atoms with Crippen LogP contribution in [0, 0.1) is 11.3 Å². The van der Waals surface area contributed by atoms with E-state index in [-0.39, 0.29) is 18.1 Å². The van der Waals surface area contributed by atoms with Gasteiger partial charge in [-0.1, -0.05) is 19.1 Å². The highest BCUT2D eigenvalue weighted by atomic mass is 16.3. The maximum absolute atomic E-state index is 10.7. The van der Waals surface area contributed by atoms with Crippen molar-refractivity contribution in [3.05, 3.63) is 60.1 Å². The lowest BCUT2D eigenvalue weighted by Gasteiger charge is -2.32. The van der Waals surface area contributed by atoms with Crippen LogP contribution in [0.4, 0.5) is 11.4 Å². The minimum atomic E-state index is 0.188. The van der Waals surface area contributed by atoms with E-state index in [4.69, 9.17) is 5.41 Å². The highest BCUT2D eigenvalue weighted by Gasteiger charge is 2.32. The summed E-state index contributed by atoms with van der Waals surface area (Å²) in [6.07, 6.45) is 2.47. The maximum atomic E-state index is 10.7. The summed E-state index contributed by atoms with van der Waals surface area (Å²) in [5.41, 5.74) is 4.49. The molecule has 154 valence electrons. The summed E-state index contributed by atoms with van der Waals surface area (Å²) < 4.78 is 1.94. The number of fused-ring (bicyclic) bond motifs is 1. The number of nitrogens with one attached hydrogen (secondary N) is 1. The van der Waals surface area contributed by atoms with Crippen molar-refractivity contribution in [2.75, 3.05) is 29.4 Å². The molecule has 6 nitrogen and oxygen atoms in total. The Morgan fingerprint density at radius 3 is 2.37 bits per heavy atom. The molecule has 3 aromatic rings. The van der Waals surface area contributed by atoms with E-state index in [2.05, 4.69) is 28.9 Å². The normalized spacial score (nSPS) is 18.1. The van der Waals surface area contributed by atoms with Gasteiger partial charge in [0.15, 0.2) is 0 Å². The van der Waals surface area contributed by atoms with Gasteiger partial charge in [0.1, 0.15) is 17.4 Å². The minimum absolute atomic E-state index is 0.188. The van der Waals surface area contributed by atoms with Gasteiger partial charge in [-0.15, -0.1) is 0 Å². The van der Waals surface area contributed by atoms with Gasteiger partial charge in [-0.3, -0.25) is 5.41 Å². The van der Waals surface area contributed by atoms with E-state index in [9.17, 15) is 5.11 Å². The molecule has 1 aromatic heterocycles. The fourth-order valence-corrected chi connectivity index (χ4v) is 4.51. The molecule has 2 aromatic carbocycles. The third-order valence-electron chi connectivity index (χ3n) is 6.42. The van der Waals surface area contributed by atoms with Crippen LogP contribution in [0.2, 0.25) is 0 Å². The molecular weight excluding hydrogens is 374 g/mol. The Labute approximate surface area is 176 Å². The van der Waals surface area contributed by atoms with E-state index in [0.29, 0.717) is 11.4 Å². The fraction of sp³-hybridized carbons (Fsp3) is 0.333. The van der Waals surface area contributed by atoms with Gasteiger partial charge in [0.25, 0.3) is 0 Å². The number of imidazole rings is 1. The number of aliphatic hydroxyl groups excluding tert-OH is 1.